The molecule has 9 aromatic rings. The molecule has 242 valence electrons. The van der Waals surface area contributed by atoms with Crippen LogP contribution < -0.4 is 0 Å². The highest BCUT2D eigenvalue weighted by Gasteiger charge is 2.21. The molecule has 0 amide bonds. The van der Waals surface area contributed by atoms with Crippen LogP contribution in [0.25, 0.3) is 83.9 Å². The maximum Gasteiger partial charge on any atom is 0.166 e. The predicted octanol–water partition coefficient (Wildman–Crippen LogP) is 11.6. The molecule has 4 nitrogen and oxygen atoms in total. The molecule has 0 aliphatic heterocycles. The lowest BCUT2D eigenvalue weighted by Crippen LogP contribution is -2.04. The van der Waals surface area contributed by atoms with Crippen molar-refractivity contribution in [2.45, 2.75) is 0 Å². The predicted molar refractivity (Wildman–Crippen MR) is 201 cm³/mol. The topological polar surface area (TPSA) is 43.6 Å². The summed E-state index contributed by atoms with van der Waals surface area (Å²) in [4.78, 5) is 15.0. The van der Waals surface area contributed by atoms with Crippen LogP contribution in [0.1, 0.15) is 0 Å². The normalized spacial score (nSPS) is 11.3. The van der Waals surface area contributed by atoms with Crippen molar-refractivity contribution in [2.24, 2.45) is 0 Å². The van der Waals surface area contributed by atoms with Crippen LogP contribution in [-0.4, -0.2) is 19.5 Å². The molecule has 0 N–H and O–H groups in total. The van der Waals surface area contributed by atoms with E-state index in [0.29, 0.717) is 28.6 Å². The molecule has 0 fully saturated rings. The zero-order valence-corrected chi connectivity index (χ0v) is 27.2. The Kier molecular flexibility index (Phi) is 7.47. The third kappa shape index (κ3) is 5.53. The van der Waals surface area contributed by atoms with Gasteiger partial charge in [0.1, 0.15) is 11.6 Å². The van der Waals surface area contributed by atoms with Gasteiger partial charge in [-0.15, -0.1) is 0 Å². The van der Waals surface area contributed by atoms with Gasteiger partial charge < -0.3 is 4.57 Å². The van der Waals surface area contributed by atoms with Gasteiger partial charge in [0.2, 0.25) is 0 Å². The first-order valence-corrected chi connectivity index (χ1v) is 16.7. The van der Waals surface area contributed by atoms with Crippen molar-refractivity contribution >= 4 is 21.8 Å². The summed E-state index contributed by atoms with van der Waals surface area (Å²) in [6, 6.07) is 54.1. The Bertz CT molecular complexity index is 2650. The summed E-state index contributed by atoms with van der Waals surface area (Å²) in [5.74, 6) is 0.269. The average molecular weight is 663 g/mol. The first-order valence-electron chi connectivity index (χ1n) is 16.7. The minimum Gasteiger partial charge on any atom is -0.308 e. The van der Waals surface area contributed by atoms with Gasteiger partial charge in [0.25, 0.3) is 0 Å². The molecular formula is C45H28F2N4. The number of hydrogen-bond donors (Lipinski definition) is 0. The first-order chi connectivity index (χ1) is 25.1. The van der Waals surface area contributed by atoms with E-state index in [1.165, 1.54) is 12.1 Å². The van der Waals surface area contributed by atoms with Gasteiger partial charge in [-0.25, -0.2) is 23.7 Å². The van der Waals surface area contributed by atoms with E-state index in [2.05, 4.69) is 47.0 Å². The van der Waals surface area contributed by atoms with Crippen LogP contribution in [0.5, 0.6) is 0 Å². The summed E-state index contributed by atoms with van der Waals surface area (Å²) in [6.45, 7) is 0. The van der Waals surface area contributed by atoms with Crippen LogP contribution >= 0.6 is 0 Å². The maximum absolute atomic E-state index is 15.4. The van der Waals surface area contributed by atoms with Crippen LogP contribution in [0.2, 0.25) is 0 Å². The summed E-state index contributed by atoms with van der Waals surface area (Å²) in [5.41, 5.74) is 8.17. The van der Waals surface area contributed by atoms with Crippen molar-refractivity contribution in [2.75, 3.05) is 0 Å². The highest BCUT2D eigenvalue weighted by molar-refractivity contribution is 6.10. The number of para-hydroxylation sites is 1. The number of aromatic nitrogens is 4. The number of benzene rings is 7. The van der Waals surface area contributed by atoms with Crippen LogP contribution in [0.3, 0.4) is 0 Å². The van der Waals surface area contributed by atoms with Gasteiger partial charge in [-0.3, -0.25) is 0 Å². The number of fused-ring (bicyclic) bond motifs is 3. The van der Waals surface area contributed by atoms with E-state index in [-0.39, 0.29) is 0 Å². The lowest BCUT2D eigenvalue weighted by molar-refractivity contribution is 0.585. The molecule has 9 rings (SSSR count). The molecule has 0 radical (unpaired) electrons. The molecule has 0 aliphatic rings. The molecule has 7 aromatic carbocycles. The fraction of sp³-hybridized carbons (Fsp3) is 0. The molecule has 2 aromatic heterocycles. The zero-order chi connectivity index (χ0) is 34.3. The molecule has 0 bridgehead atoms. The van der Waals surface area contributed by atoms with Gasteiger partial charge in [0.15, 0.2) is 17.5 Å². The monoisotopic (exact) mass is 662 g/mol. The van der Waals surface area contributed by atoms with E-state index in [1.807, 2.05) is 109 Å². The highest BCUT2D eigenvalue weighted by Crippen LogP contribution is 2.40. The van der Waals surface area contributed by atoms with Crippen LogP contribution in [0.4, 0.5) is 8.78 Å². The van der Waals surface area contributed by atoms with Gasteiger partial charge in [-0.1, -0.05) is 127 Å². The molecule has 0 spiro atoms. The summed E-state index contributed by atoms with van der Waals surface area (Å²) in [7, 11) is 0. The smallest absolute Gasteiger partial charge is 0.166 e. The van der Waals surface area contributed by atoms with Gasteiger partial charge in [-0.2, -0.15) is 0 Å². The molecule has 0 atom stereocenters. The van der Waals surface area contributed by atoms with Crippen molar-refractivity contribution in [1.29, 1.82) is 0 Å². The second-order valence-corrected chi connectivity index (χ2v) is 12.3. The van der Waals surface area contributed by atoms with Crippen molar-refractivity contribution in [3.63, 3.8) is 0 Å². The van der Waals surface area contributed by atoms with E-state index in [4.69, 9.17) is 15.0 Å². The van der Waals surface area contributed by atoms with Crippen molar-refractivity contribution in [1.82, 2.24) is 19.5 Å². The third-order valence-corrected chi connectivity index (χ3v) is 9.20. The van der Waals surface area contributed by atoms with Gasteiger partial charge in [0.05, 0.1) is 16.7 Å². The Morgan fingerprint density at radius 2 is 0.922 bits per heavy atom. The Morgan fingerprint density at radius 3 is 1.59 bits per heavy atom. The molecule has 2 heterocycles. The molecule has 0 saturated carbocycles. The minimum atomic E-state index is -0.639. The van der Waals surface area contributed by atoms with Crippen molar-refractivity contribution in [3.05, 3.63) is 181 Å². The lowest BCUT2D eigenvalue weighted by Gasteiger charge is -2.17. The number of halogens is 2. The van der Waals surface area contributed by atoms with Crippen molar-refractivity contribution < 1.29 is 8.78 Å². The van der Waals surface area contributed by atoms with Crippen LogP contribution in [0.15, 0.2) is 170 Å². The molecule has 51 heavy (non-hydrogen) atoms. The molecular weight excluding hydrogens is 635 g/mol. The van der Waals surface area contributed by atoms with Crippen LogP contribution in [0, 0.1) is 11.6 Å². The zero-order valence-electron chi connectivity index (χ0n) is 27.2. The summed E-state index contributed by atoms with van der Waals surface area (Å²) >= 11 is 0. The van der Waals surface area contributed by atoms with Crippen molar-refractivity contribution in [3.8, 4) is 62.1 Å². The first kappa shape index (κ1) is 30.3. The number of rotatable bonds is 6. The van der Waals surface area contributed by atoms with E-state index in [9.17, 15) is 4.39 Å². The fourth-order valence-electron chi connectivity index (χ4n) is 6.77. The second kappa shape index (κ2) is 12.6. The van der Waals surface area contributed by atoms with Crippen LogP contribution in [-0.2, 0) is 0 Å². The number of nitrogens with zero attached hydrogens (tertiary/aromatic N) is 4. The molecule has 0 saturated heterocycles. The minimum absolute atomic E-state index is 0.292. The summed E-state index contributed by atoms with van der Waals surface area (Å²) < 4.78 is 31.6. The maximum atomic E-state index is 15.4. The summed E-state index contributed by atoms with van der Waals surface area (Å²) in [5, 5.41) is 2.14. The van der Waals surface area contributed by atoms with E-state index >= 15 is 4.39 Å². The third-order valence-electron chi connectivity index (χ3n) is 9.20. The van der Waals surface area contributed by atoms with Gasteiger partial charge in [-0.05, 0) is 53.1 Å². The van der Waals surface area contributed by atoms with E-state index in [1.54, 1.807) is 0 Å². The van der Waals surface area contributed by atoms with E-state index < -0.39 is 11.6 Å². The van der Waals surface area contributed by atoms with Gasteiger partial charge in [0, 0.05) is 39.1 Å². The largest absolute Gasteiger partial charge is 0.308 e. The Labute approximate surface area is 293 Å². The Morgan fingerprint density at radius 1 is 0.373 bits per heavy atom. The Hall–Kier alpha value is -6.79. The standard InChI is InChI=1S/C45H28F2N4/c46-34-22-25-35(39(47)28-34)33-21-24-38(45-49-43(30-14-6-2-7-15-30)48-44(50-45)31-16-8-3-9-17-31)42(27-33)51-40-19-11-10-18-36(40)37-23-20-32(26-41(37)51)29-12-4-1-5-13-29/h1-28H. The average Bonchev–Trinajstić information content (AvgIpc) is 3.52. The summed E-state index contributed by atoms with van der Waals surface area (Å²) in [6.07, 6.45) is 0. The molecule has 0 aliphatic carbocycles. The SMILES string of the molecule is Fc1ccc(-c2ccc(-c3nc(-c4ccccc4)nc(-c4ccccc4)n3)c(-n3c4ccccc4c4ccc(-c5ccccc5)cc43)c2)c(F)c1. The molecule has 6 heteroatoms. The second-order valence-electron chi connectivity index (χ2n) is 12.3. The quantitative estimate of drug-likeness (QED) is 0.178. The fourth-order valence-corrected chi connectivity index (χ4v) is 6.77. The van der Waals surface area contributed by atoms with Gasteiger partial charge >= 0.3 is 0 Å². The lowest BCUT2D eigenvalue weighted by atomic mass is 10.0. The van der Waals surface area contributed by atoms with E-state index in [0.717, 1.165) is 61.4 Å². The Balaban J connectivity index is 1.37. The molecule has 0 unspecified atom stereocenters. The number of hydrogen-bond acceptors (Lipinski definition) is 3. The highest BCUT2D eigenvalue weighted by atomic mass is 19.1.